The maximum Gasteiger partial charge on any atom is 0.449 e. The molecule has 8 heterocycles. The smallest absolute Gasteiger partial charge is 0.449 e. The molecule has 2 saturated carbocycles. The third-order valence-corrected chi connectivity index (χ3v) is 13.4. The van der Waals surface area contributed by atoms with E-state index in [1.807, 2.05) is 13.8 Å². The van der Waals surface area contributed by atoms with Crippen LogP contribution in [0.3, 0.4) is 0 Å². The maximum absolute atomic E-state index is 14.7. The number of rotatable bonds is 4. The minimum atomic E-state index is -4.85. The summed E-state index contributed by atoms with van der Waals surface area (Å²) in [5.74, 6) is -6.99. The molecule has 0 N–H and O–H groups in total. The van der Waals surface area contributed by atoms with Crippen LogP contribution in [-0.2, 0) is 38.5 Å². The zero-order valence-corrected chi connectivity index (χ0v) is 27.4. The summed E-state index contributed by atoms with van der Waals surface area (Å²) in [6.45, 7) is 7.35. The van der Waals surface area contributed by atoms with Crippen molar-refractivity contribution in [3.63, 3.8) is 0 Å². The van der Waals surface area contributed by atoms with E-state index in [-0.39, 0.29) is 46.3 Å². The lowest BCUT2D eigenvalue weighted by atomic mass is 9.59. The van der Waals surface area contributed by atoms with Crippen molar-refractivity contribution < 1.29 is 64.8 Å². The first kappa shape index (κ1) is 32.9. The van der Waals surface area contributed by atoms with Crippen LogP contribution in [0.5, 0.6) is 0 Å². The summed E-state index contributed by atoms with van der Waals surface area (Å²) in [7, 11) is 0. The molecule has 2 spiro atoms. The molecule has 0 aromatic heterocycles. The van der Waals surface area contributed by atoms with Gasteiger partial charge in [0.05, 0.1) is 0 Å². The lowest BCUT2D eigenvalue weighted by Gasteiger charge is -2.58. The standard InChI is InChI=1S/C32H40F6O8S/c1-15-5-7-21-17(23(31(33,34)35)39-25-29(21)19(15)9-11-27(3,41-25)43-45-29)13-47-14-18-22-8-6-16(2)20-10-12-28(4)42-26(30(20,22)46-44-28)40-24(18)32(36,37)38/h15-16,19-22,25-26H,5-14H2,1-4H3/t15-,16-,19?,20?,21+,22+,25-,26-,27-,28-,29-,30-/m1/s1. The number of fused-ring (bicyclic) bond motifs is 4. The van der Waals surface area contributed by atoms with E-state index in [1.165, 1.54) is 0 Å². The Morgan fingerprint density at radius 2 is 1.02 bits per heavy atom. The second-order valence-corrected chi connectivity index (χ2v) is 16.1. The van der Waals surface area contributed by atoms with E-state index in [0.717, 1.165) is 11.8 Å². The third-order valence-electron chi connectivity index (χ3n) is 12.3. The molecule has 10 rings (SSSR count). The fourth-order valence-electron chi connectivity index (χ4n) is 10.1. The van der Waals surface area contributed by atoms with Crippen molar-refractivity contribution in [2.75, 3.05) is 11.5 Å². The molecule has 6 saturated heterocycles. The van der Waals surface area contributed by atoms with E-state index in [1.54, 1.807) is 13.8 Å². The van der Waals surface area contributed by atoms with Crippen LogP contribution < -0.4 is 0 Å². The Morgan fingerprint density at radius 1 is 0.617 bits per heavy atom. The number of halogens is 6. The monoisotopic (exact) mass is 698 g/mol. The zero-order chi connectivity index (χ0) is 33.4. The maximum atomic E-state index is 14.7. The lowest BCUT2D eigenvalue weighted by Crippen LogP contribution is -2.67. The van der Waals surface area contributed by atoms with E-state index in [4.69, 9.17) is 38.5 Å². The van der Waals surface area contributed by atoms with Crippen molar-refractivity contribution in [3.8, 4) is 0 Å². The minimum absolute atomic E-state index is 0.0451. The molecule has 264 valence electrons. The average molecular weight is 699 g/mol. The Hall–Kier alpha value is -1.23. The highest BCUT2D eigenvalue weighted by Crippen LogP contribution is 2.64. The van der Waals surface area contributed by atoms with Crippen LogP contribution in [0.25, 0.3) is 0 Å². The molecule has 0 radical (unpaired) electrons. The Morgan fingerprint density at radius 3 is 1.40 bits per heavy atom. The van der Waals surface area contributed by atoms with Gasteiger partial charge < -0.3 is 18.9 Å². The number of alkyl halides is 6. The van der Waals surface area contributed by atoms with Gasteiger partial charge >= 0.3 is 12.4 Å². The highest BCUT2D eigenvalue weighted by Gasteiger charge is 2.72. The molecular formula is C32H40F6O8S. The van der Waals surface area contributed by atoms with E-state index in [2.05, 4.69) is 0 Å². The molecule has 10 aliphatic rings. The molecule has 2 aliphatic carbocycles. The van der Waals surface area contributed by atoms with E-state index >= 15 is 0 Å². The van der Waals surface area contributed by atoms with E-state index < -0.39 is 71.1 Å². The molecule has 47 heavy (non-hydrogen) atoms. The number of allylic oxidation sites excluding steroid dienone is 2. The van der Waals surface area contributed by atoms with Crippen LogP contribution in [0.1, 0.15) is 79.1 Å². The normalized spacial score (nSPS) is 49.1. The predicted molar refractivity (Wildman–Crippen MR) is 151 cm³/mol. The molecule has 0 aromatic rings. The molecular weight excluding hydrogens is 658 g/mol. The van der Waals surface area contributed by atoms with E-state index in [9.17, 15) is 26.3 Å². The summed E-state index contributed by atoms with van der Waals surface area (Å²) in [6, 6.07) is 0. The second-order valence-electron chi connectivity index (χ2n) is 15.1. The van der Waals surface area contributed by atoms with Crippen molar-refractivity contribution >= 4 is 11.8 Å². The van der Waals surface area contributed by atoms with Gasteiger partial charge in [-0.2, -0.15) is 38.1 Å². The zero-order valence-electron chi connectivity index (χ0n) is 26.6. The highest BCUT2D eigenvalue weighted by atomic mass is 32.2. The van der Waals surface area contributed by atoms with Crippen molar-refractivity contribution in [1.82, 2.24) is 0 Å². The quantitative estimate of drug-likeness (QED) is 0.216. The van der Waals surface area contributed by atoms with Crippen LogP contribution in [0.2, 0.25) is 0 Å². The van der Waals surface area contributed by atoms with Crippen LogP contribution >= 0.6 is 11.8 Å². The van der Waals surface area contributed by atoms with Gasteiger partial charge in [-0.1, -0.05) is 13.8 Å². The molecule has 8 fully saturated rings. The van der Waals surface area contributed by atoms with Crippen LogP contribution in [0, 0.1) is 35.5 Å². The van der Waals surface area contributed by atoms with Crippen LogP contribution in [0.15, 0.2) is 22.7 Å². The Balaban J connectivity index is 1.15. The van der Waals surface area contributed by atoms with Crippen molar-refractivity contribution in [1.29, 1.82) is 0 Å². The fourth-order valence-corrected chi connectivity index (χ4v) is 11.3. The summed E-state index contributed by atoms with van der Waals surface area (Å²) < 4.78 is 112. The number of hydrogen-bond acceptors (Lipinski definition) is 9. The Labute approximate surface area is 273 Å². The average Bonchev–Trinajstić information content (AvgIpc) is 3.36. The Kier molecular flexibility index (Phi) is 7.46. The van der Waals surface area contributed by atoms with Gasteiger partial charge in [0.15, 0.2) is 11.2 Å². The lowest BCUT2D eigenvalue weighted by molar-refractivity contribution is -0.557. The first-order valence-electron chi connectivity index (χ1n) is 16.6. The SMILES string of the molecule is C[C@@H]1CC[C@H]2C(CSCC3=C(C(F)(F)F)O[C@@H]4O[C@@]5(C)CCC6[C@H](C)CC[C@@H]3[C@]64OO5)=C(C(F)(F)F)O[C@@H]3O[C@@]4(C)CCC1[C@]32OO4. The van der Waals surface area contributed by atoms with Crippen molar-refractivity contribution in [2.24, 2.45) is 35.5 Å². The third kappa shape index (κ3) is 4.79. The van der Waals surface area contributed by atoms with Crippen molar-refractivity contribution in [3.05, 3.63) is 22.7 Å². The molecule has 12 atom stereocenters. The van der Waals surface area contributed by atoms with Gasteiger partial charge in [-0.3, -0.25) is 0 Å². The van der Waals surface area contributed by atoms with Gasteiger partial charge in [0.25, 0.3) is 0 Å². The van der Waals surface area contributed by atoms with Gasteiger partial charge in [-0.25, -0.2) is 19.6 Å². The van der Waals surface area contributed by atoms with Gasteiger partial charge in [0, 0.05) is 48.0 Å². The van der Waals surface area contributed by atoms with Gasteiger partial charge in [-0.05, 0) is 75.4 Å². The number of hydrogen-bond donors (Lipinski definition) is 0. The number of ether oxygens (including phenoxy) is 4. The first-order valence-corrected chi connectivity index (χ1v) is 17.8. The van der Waals surface area contributed by atoms with E-state index in [0.29, 0.717) is 51.4 Å². The van der Waals surface area contributed by atoms with Crippen LogP contribution in [0.4, 0.5) is 26.3 Å². The summed E-state index contributed by atoms with van der Waals surface area (Å²) >= 11 is 0.978. The number of thioether (sulfide) groups is 1. The first-order chi connectivity index (χ1) is 22.0. The van der Waals surface area contributed by atoms with Gasteiger partial charge in [0.2, 0.25) is 35.7 Å². The molecule has 0 amide bonds. The molecule has 2 unspecified atom stereocenters. The van der Waals surface area contributed by atoms with Crippen LogP contribution in [-0.4, -0.2) is 59.2 Å². The van der Waals surface area contributed by atoms with Gasteiger partial charge in [0.1, 0.15) is 0 Å². The predicted octanol–water partition coefficient (Wildman–Crippen LogP) is 7.84. The largest absolute Gasteiger partial charge is 0.456 e. The second kappa shape index (κ2) is 10.6. The Bertz CT molecular complexity index is 1270. The fraction of sp³-hybridized carbons (Fsp3) is 0.875. The topological polar surface area (TPSA) is 73.8 Å². The van der Waals surface area contributed by atoms with Gasteiger partial charge in [-0.15, -0.1) is 0 Å². The summed E-state index contributed by atoms with van der Waals surface area (Å²) in [5.41, 5.74) is -2.70. The minimum Gasteiger partial charge on any atom is -0.456 e. The van der Waals surface area contributed by atoms with Crippen molar-refractivity contribution in [2.45, 2.75) is 127 Å². The molecule has 8 nitrogen and oxygen atoms in total. The summed E-state index contributed by atoms with van der Waals surface area (Å²) in [6.07, 6.45) is -8.26. The molecule has 0 aromatic carbocycles. The molecule has 8 aliphatic heterocycles. The molecule has 4 bridgehead atoms. The summed E-state index contributed by atoms with van der Waals surface area (Å²) in [5, 5.41) is 0. The highest BCUT2D eigenvalue weighted by molar-refractivity contribution is 7.99. The summed E-state index contributed by atoms with van der Waals surface area (Å²) in [4.78, 5) is 23.6. The molecule has 15 heteroatoms.